The van der Waals surface area contributed by atoms with Crippen LogP contribution < -0.4 is 10.0 Å². The lowest BCUT2D eigenvalue weighted by molar-refractivity contribution is -0.122. The summed E-state index contributed by atoms with van der Waals surface area (Å²) >= 11 is 3.32. The number of amides is 1. The Bertz CT molecular complexity index is 1620. The zero-order valence-electron chi connectivity index (χ0n) is 19.3. The van der Waals surface area contributed by atoms with Crippen molar-refractivity contribution in [2.45, 2.75) is 23.8 Å². The number of aromatic nitrogens is 2. The highest BCUT2D eigenvalue weighted by atomic mass is 79.9. The molecule has 5 rings (SSSR count). The molecule has 36 heavy (non-hydrogen) atoms. The third-order valence-electron chi connectivity index (χ3n) is 6.21. The molecular weight excluding hydrogens is 540 g/mol. The Morgan fingerprint density at radius 1 is 0.833 bits per heavy atom. The van der Waals surface area contributed by atoms with Gasteiger partial charge in [-0.15, -0.1) is 0 Å². The number of halogens is 1. The van der Waals surface area contributed by atoms with Gasteiger partial charge in [-0.25, -0.2) is 8.42 Å². The van der Waals surface area contributed by atoms with E-state index in [9.17, 15) is 13.2 Å². The fraction of sp³-hybridized carbons (Fsp3) is 0.148. The van der Waals surface area contributed by atoms with Crippen LogP contribution in [0.4, 0.5) is 0 Å². The van der Waals surface area contributed by atoms with Crippen molar-refractivity contribution in [3.8, 4) is 0 Å². The van der Waals surface area contributed by atoms with Gasteiger partial charge >= 0.3 is 0 Å². The van der Waals surface area contributed by atoms with Crippen molar-refractivity contribution in [1.29, 1.82) is 0 Å². The molecule has 7 nitrogen and oxygen atoms in total. The number of H-pyrrole nitrogens is 2. The smallest absolute Gasteiger partial charge is 0.241 e. The quantitative estimate of drug-likeness (QED) is 0.209. The van der Waals surface area contributed by atoms with E-state index >= 15 is 0 Å². The molecule has 4 N–H and O–H groups in total. The summed E-state index contributed by atoms with van der Waals surface area (Å²) in [5.41, 5.74) is 3.93. The normalized spacial score (nSPS) is 12.7. The molecule has 0 unspecified atom stereocenters. The fourth-order valence-corrected chi connectivity index (χ4v) is 5.82. The molecular formula is C27H25BrN4O3S. The van der Waals surface area contributed by atoms with Gasteiger partial charge < -0.3 is 15.3 Å². The first-order valence-corrected chi connectivity index (χ1v) is 13.8. The molecule has 0 fully saturated rings. The maximum atomic E-state index is 13.3. The molecule has 1 amide bonds. The topological polar surface area (TPSA) is 107 Å². The molecule has 3 aromatic carbocycles. The van der Waals surface area contributed by atoms with Crippen LogP contribution in [-0.2, 0) is 27.7 Å². The average Bonchev–Trinajstić information content (AvgIpc) is 3.48. The van der Waals surface area contributed by atoms with E-state index in [1.807, 2.05) is 60.9 Å². The van der Waals surface area contributed by atoms with Crippen LogP contribution in [0.5, 0.6) is 0 Å². The summed E-state index contributed by atoms with van der Waals surface area (Å²) in [6, 6.07) is 21.1. The van der Waals surface area contributed by atoms with Crippen molar-refractivity contribution in [2.24, 2.45) is 0 Å². The number of benzene rings is 3. The van der Waals surface area contributed by atoms with Crippen LogP contribution in [0.1, 0.15) is 11.1 Å². The molecule has 0 aliphatic carbocycles. The van der Waals surface area contributed by atoms with Gasteiger partial charge in [-0.1, -0.05) is 52.3 Å². The molecule has 0 aliphatic heterocycles. The van der Waals surface area contributed by atoms with Gasteiger partial charge in [-0.05, 0) is 60.4 Å². The number of carbonyl (C=O) groups is 1. The largest absolute Gasteiger partial charge is 0.361 e. The number of aromatic amines is 2. The van der Waals surface area contributed by atoms with Crippen LogP contribution in [0, 0.1) is 0 Å². The molecule has 0 aliphatic rings. The van der Waals surface area contributed by atoms with Gasteiger partial charge in [0.05, 0.1) is 4.90 Å². The van der Waals surface area contributed by atoms with E-state index in [0.29, 0.717) is 13.0 Å². The Balaban J connectivity index is 1.35. The van der Waals surface area contributed by atoms with E-state index in [1.54, 1.807) is 12.1 Å². The van der Waals surface area contributed by atoms with Gasteiger partial charge in [0.25, 0.3) is 0 Å². The second kappa shape index (κ2) is 10.3. The van der Waals surface area contributed by atoms with Crippen LogP contribution in [0.3, 0.4) is 0 Å². The minimum atomic E-state index is -3.92. The predicted octanol–water partition coefficient (Wildman–Crippen LogP) is 4.66. The van der Waals surface area contributed by atoms with Crippen molar-refractivity contribution in [3.05, 3.63) is 101 Å². The molecule has 2 heterocycles. The van der Waals surface area contributed by atoms with Crippen molar-refractivity contribution in [1.82, 2.24) is 20.0 Å². The van der Waals surface area contributed by atoms with Gasteiger partial charge in [0.2, 0.25) is 15.9 Å². The van der Waals surface area contributed by atoms with Gasteiger partial charge in [0.15, 0.2) is 0 Å². The van der Waals surface area contributed by atoms with E-state index < -0.39 is 16.1 Å². The number of hydrogen-bond acceptors (Lipinski definition) is 3. The van der Waals surface area contributed by atoms with Crippen LogP contribution in [0.15, 0.2) is 94.6 Å². The van der Waals surface area contributed by atoms with Gasteiger partial charge in [0, 0.05) is 45.2 Å². The maximum absolute atomic E-state index is 13.3. The van der Waals surface area contributed by atoms with E-state index in [2.05, 4.69) is 35.9 Å². The molecule has 184 valence electrons. The molecule has 0 saturated heterocycles. The number of para-hydroxylation sites is 2. The predicted molar refractivity (Wildman–Crippen MR) is 145 cm³/mol. The molecule has 9 heteroatoms. The summed E-state index contributed by atoms with van der Waals surface area (Å²) in [5.74, 6) is -0.374. The minimum Gasteiger partial charge on any atom is -0.361 e. The van der Waals surface area contributed by atoms with Crippen molar-refractivity contribution in [3.63, 3.8) is 0 Å². The SMILES string of the molecule is O=C(NCCc1c[nH]c2ccccc12)[C@H](Cc1c[nH]c2ccccc12)NS(=O)(=O)c1ccc(Br)cc1. The lowest BCUT2D eigenvalue weighted by Crippen LogP contribution is -2.48. The summed E-state index contributed by atoms with van der Waals surface area (Å²) in [5, 5.41) is 5.00. The van der Waals surface area contributed by atoms with Crippen LogP contribution >= 0.6 is 15.9 Å². The highest BCUT2D eigenvalue weighted by Crippen LogP contribution is 2.21. The average molecular weight is 565 g/mol. The second-order valence-corrected chi connectivity index (χ2v) is 11.2. The zero-order chi connectivity index (χ0) is 25.1. The van der Waals surface area contributed by atoms with Gasteiger partial charge in [0.1, 0.15) is 6.04 Å². The highest BCUT2D eigenvalue weighted by molar-refractivity contribution is 9.10. The monoisotopic (exact) mass is 564 g/mol. The lowest BCUT2D eigenvalue weighted by Gasteiger charge is -2.19. The zero-order valence-corrected chi connectivity index (χ0v) is 21.7. The number of nitrogens with one attached hydrogen (secondary N) is 4. The Hall–Kier alpha value is -3.40. The summed E-state index contributed by atoms with van der Waals surface area (Å²) in [4.78, 5) is 19.8. The van der Waals surface area contributed by atoms with E-state index in [0.717, 1.165) is 37.4 Å². The minimum absolute atomic E-state index is 0.0984. The van der Waals surface area contributed by atoms with E-state index in [1.165, 1.54) is 12.1 Å². The molecule has 0 saturated carbocycles. The van der Waals surface area contributed by atoms with Crippen molar-refractivity contribution in [2.75, 3.05) is 6.54 Å². The summed E-state index contributed by atoms with van der Waals surface area (Å²) < 4.78 is 29.7. The van der Waals surface area contributed by atoms with Crippen LogP contribution in [-0.4, -0.2) is 36.9 Å². The van der Waals surface area contributed by atoms with Gasteiger partial charge in [-0.3, -0.25) is 4.79 Å². The Labute approximate surface area is 217 Å². The first kappa shape index (κ1) is 24.3. The fourth-order valence-electron chi connectivity index (χ4n) is 4.36. The molecule has 0 bridgehead atoms. The van der Waals surface area contributed by atoms with Crippen molar-refractivity contribution >= 4 is 53.7 Å². The first-order chi connectivity index (χ1) is 17.4. The number of sulfonamides is 1. The second-order valence-electron chi connectivity index (χ2n) is 8.59. The van der Waals surface area contributed by atoms with Crippen LogP contribution in [0.2, 0.25) is 0 Å². The summed E-state index contributed by atoms with van der Waals surface area (Å²) in [6.07, 6.45) is 4.59. The first-order valence-electron chi connectivity index (χ1n) is 11.6. The standard InChI is InChI=1S/C27H25BrN4O3S/c28-20-9-11-21(12-10-20)36(34,35)32-26(15-19-17-31-25-8-4-2-6-23(19)25)27(33)29-14-13-18-16-30-24-7-3-1-5-22(18)24/h1-12,16-17,26,30-32H,13-15H2,(H,29,33)/t26-/m0/s1. The number of fused-ring (bicyclic) bond motifs is 2. The Kier molecular flexibility index (Phi) is 6.95. The molecule has 5 aromatic rings. The molecule has 0 radical (unpaired) electrons. The molecule has 1 atom stereocenters. The molecule has 2 aromatic heterocycles. The Morgan fingerprint density at radius 2 is 1.42 bits per heavy atom. The Morgan fingerprint density at radius 3 is 2.08 bits per heavy atom. The highest BCUT2D eigenvalue weighted by Gasteiger charge is 2.27. The summed E-state index contributed by atoms with van der Waals surface area (Å²) in [6.45, 7) is 0.380. The third kappa shape index (κ3) is 5.23. The van der Waals surface area contributed by atoms with E-state index in [-0.39, 0.29) is 17.2 Å². The third-order valence-corrected chi connectivity index (χ3v) is 8.22. The number of hydrogen-bond donors (Lipinski definition) is 4. The number of carbonyl (C=O) groups excluding carboxylic acids is 1. The van der Waals surface area contributed by atoms with Gasteiger partial charge in [-0.2, -0.15) is 4.72 Å². The maximum Gasteiger partial charge on any atom is 0.241 e. The van der Waals surface area contributed by atoms with E-state index in [4.69, 9.17) is 0 Å². The number of rotatable bonds is 9. The lowest BCUT2D eigenvalue weighted by atomic mass is 10.0. The molecule has 0 spiro atoms. The van der Waals surface area contributed by atoms with Crippen molar-refractivity contribution < 1.29 is 13.2 Å². The van der Waals surface area contributed by atoms with Crippen LogP contribution in [0.25, 0.3) is 21.8 Å². The summed E-state index contributed by atoms with van der Waals surface area (Å²) in [7, 11) is -3.92.